The van der Waals surface area contributed by atoms with Crippen LogP contribution < -0.4 is 5.32 Å². The van der Waals surface area contributed by atoms with E-state index >= 15 is 0 Å². The van der Waals surface area contributed by atoms with Gasteiger partial charge in [0.05, 0.1) is 11.3 Å². The third-order valence-corrected chi connectivity index (χ3v) is 5.24. The van der Waals surface area contributed by atoms with E-state index in [9.17, 15) is 18.4 Å². The summed E-state index contributed by atoms with van der Waals surface area (Å²) < 4.78 is 32.5. The number of benzene rings is 2. The Hall–Kier alpha value is -3.39. The minimum Gasteiger partial charge on any atom is -0.342 e. The number of hydrogen-bond acceptors (Lipinski definition) is 4. The summed E-state index contributed by atoms with van der Waals surface area (Å²) in [5.41, 5.74) is 2.23. The maximum absolute atomic E-state index is 13.5. The highest BCUT2D eigenvalue weighted by Gasteiger charge is 2.22. The number of Topliss-reactive ketones (excluding diaryl/α,β-unsaturated/α-hetero) is 1. The van der Waals surface area contributed by atoms with Crippen LogP contribution in [0.2, 0.25) is 0 Å². The van der Waals surface area contributed by atoms with E-state index in [2.05, 4.69) is 9.69 Å². The van der Waals surface area contributed by atoms with Crippen LogP contribution in [0.15, 0.2) is 54.7 Å². The SMILES string of the molecule is Cc1cc(NC(=O)C(=O)c2cn(Cc3ccc(F)c(F)c3)c3ccccc23)sn1. The molecule has 146 valence electrons. The number of rotatable bonds is 5. The summed E-state index contributed by atoms with van der Waals surface area (Å²) in [5, 5.41) is 3.66. The number of aryl methyl sites for hydroxylation is 1. The number of carbonyl (C=O) groups is 2. The third-order valence-electron chi connectivity index (χ3n) is 4.44. The molecule has 2 aromatic carbocycles. The van der Waals surface area contributed by atoms with Crippen molar-refractivity contribution in [1.29, 1.82) is 0 Å². The zero-order chi connectivity index (χ0) is 20.5. The van der Waals surface area contributed by atoms with Crippen LogP contribution in [0, 0.1) is 18.6 Å². The van der Waals surface area contributed by atoms with Crippen LogP contribution in [-0.4, -0.2) is 20.6 Å². The zero-order valence-electron chi connectivity index (χ0n) is 15.3. The Morgan fingerprint density at radius 2 is 1.90 bits per heavy atom. The molecule has 0 saturated heterocycles. The molecule has 0 saturated carbocycles. The van der Waals surface area contributed by atoms with Gasteiger partial charge >= 0.3 is 0 Å². The van der Waals surface area contributed by atoms with Crippen LogP contribution in [-0.2, 0) is 11.3 Å². The van der Waals surface area contributed by atoms with E-state index in [0.29, 0.717) is 21.5 Å². The minimum atomic E-state index is -0.936. The van der Waals surface area contributed by atoms with Gasteiger partial charge in [0.2, 0.25) is 0 Å². The summed E-state index contributed by atoms with van der Waals surface area (Å²) >= 11 is 1.10. The molecule has 4 rings (SSSR count). The molecule has 2 heterocycles. The maximum atomic E-state index is 13.5. The van der Waals surface area contributed by atoms with Crippen LogP contribution >= 0.6 is 11.5 Å². The Morgan fingerprint density at radius 1 is 1.10 bits per heavy atom. The number of carbonyl (C=O) groups excluding carboxylic acids is 2. The van der Waals surface area contributed by atoms with E-state index in [1.807, 2.05) is 0 Å². The number of anilines is 1. The van der Waals surface area contributed by atoms with Crippen LogP contribution in [0.4, 0.5) is 13.8 Å². The lowest BCUT2D eigenvalue weighted by Crippen LogP contribution is -2.22. The molecular weight excluding hydrogens is 396 g/mol. The van der Waals surface area contributed by atoms with Crippen molar-refractivity contribution >= 4 is 39.1 Å². The molecule has 0 aliphatic carbocycles. The number of aromatic nitrogens is 2. The van der Waals surface area contributed by atoms with Crippen molar-refractivity contribution in [2.75, 3.05) is 5.32 Å². The summed E-state index contributed by atoms with van der Waals surface area (Å²) in [6, 6.07) is 12.5. The molecule has 0 aliphatic heterocycles. The number of nitrogens with zero attached hydrogens (tertiary/aromatic N) is 2. The Labute approximate surface area is 168 Å². The molecule has 29 heavy (non-hydrogen) atoms. The second-order valence-corrected chi connectivity index (χ2v) is 7.36. The fourth-order valence-electron chi connectivity index (χ4n) is 3.11. The average Bonchev–Trinajstić information content (AvgIpc) is 3.28. The zero-order valence-corrected chi connectivity index (χ0v) is 16.1. The van der Waals surface area contributed by atoms with E-state index in [1.54, 1.807) is 48.0 Å². The van der Waals surface area contributed by atoms with E-state index < -0.39 is 23.3 Å². The molecule has 0 unspecified atom stereocenters. The molecule has 0 fully saturated rings. The van der Waals surface area contributed by atoms with Gasteiger partial charge in [0.15, 0.2) is 11.6 Å². The highest BCUT2D eigenvalue weighted by Crippen LogP contribution is 2.24. The summed E-state index contributed by atoms with van der Waals surface area (Å²) in [6.07, 6.45) is 1.56. The summed E-state index contributed by atoms with van der Waals surface area (Å²) in [6.45, 7) is 2.01. The lowest BCUT2D eigenvalue weighted by molar-refractivity contribution is -0.112. The van der Waals surface area contributed by atoms with Gasteiger partial charge in [-0.1, -0.05) is 24.3 Å². The predicted octanol–water partition coefficient (Wildman–Crippen LogP) is 4.55. The number of halogens is 2. The van der Waals surface area contributed by atoms with Gasteiger partial charge in [-0.25, -0.2) is 8.78 Å². The highest BCUT2D eigenvalue weighted by atomic mass is 32.1. The van der Waals surface area contributed by atoms with E-state index in [1.165, 1.54) is 6.07 Å². The van der Waals surface area contributed by atoms with Gasteiger partial charge in [-0.3, -0.25) is 9.59 Å². The molecule has 0 spiro atoms. The molecule has 5 nitrogen and oxygen atoms in total. The lowest BCUT2D eigenvalue weighted by Gasteiger charge is -2.06. The average molecular weight is 411 g/mol. The van der Waals surface area contributed by atoms with Crippen molar-refractivity contribution < 1.29 is 18.4 Å². The van der Waals surface area contributed by atoms with Crippen molar-refractivity contribution in [3.8, 4) is 0 Å². The largest absolute Gasteiger partial charge is 0.342 e. The predicted molar refractivity (Wildman–Crippen MR) is 107 cm³/mol. The van der Waals surface area contributed by atoms with Gasteiger partial charge < -0.3 is 9.88 Å². The number of nitrogens with one attached hydrogen (secondary N) is 1. The fourth-order valence-corrected chi connectivity index (χ4v) is 3.76. The normalized spacial score (nSPS) is 11.0. The van der Waals surface area contributed by atoms with Gasteiger partial charge in [-0.2, -0.15) is 4.37 Å². The minimum absolute atomic E-state index is 0.223. The smallest absolute Gasteiger partial charge is 0.297 e. The van der Waals surface area contributed by atoms with Gasteiger partial charge in [0.1, 0.15) is 5.00 Å². The second-order valence-electron chi connectivity index (χ2n) is 6.55. The van der Waals surface area contributed by atoms with Gasteiger partial charge in [-0.05, 0) is 48.3 Å². The first-order valence-electron chi connectivity index (χ1n) is 8.73. The molecular formula is C21H15F2N3O2S. The van der Waals surface area contributed by atoms with Gasteiger partial charge in [0, 0.05) is 23.6 Å². The topological polar surface area (TPSA) is 64.0 Å². The molecule has 8 heteroatoms. The van der Waals surface area contributed by atoms with Crippen molar-refractivity contribution in [1.82, 2.24) is 8.94 Å². The van der Waals surface area contributed by atoms with Crippen LogP contribution in [0.1, 0.15) is 21.6 Å². The monoisotopic (exact) mass is 411 g/mol. The van der Waals surface area contributed by atoms with Crippen molar-refractivity contribution in [2.45, 2.75) is 13.5 Å². The maximum Gasteiger partial charge on any atom is 0.297 e. The summed E-state index contributed by atoms with van der Waals surface area (Å²) in [7, 11) is 0. The summed E-state index contributed by atoms with van der Waals surface area (Å²) in [5.74, 6) is -3.30. The van der Waals surface area contributed by atoms with Gasteiger partial charge in [-0.15, -0.1) is 0 Å². The molecule has 4 aromatic rings. The number of amides is 1. The molecule has 0 bridgehead atoms. The van der Waals surface area contributed by atoms with Gasteiger partial charge in [0.25, 0.3) is 11.7 Å². The highest BCUT2D eigenvalue weighted by molar-refractivity contribution is 7.10. The van der Waals surface area contributed by atoms with Crippen molar-refractivity contribution in [3.63, 3.8) is 0 Å². The van der Waals surface area contributed by atoms with E-state index in [4.69, 9.17) is 0 Å². The number of hydrogen-bond donors (Lipinski definition) is 1. The Balaban J connectivity index is 1.67. The van der Waals surface area contributed by atoms with Crippen LogP contribution in [0.3, 0.4) is 0 Å². The molecule has 0 radical (unpaired) electrons. The molecule has 0 aliphatic rings. The lowest BCUT2D eigenvalue weighted by atomic mass is 10.1. The Bertz CT molecular complexity index is 1250. The van der Waals surface area contributed by atoms with Crippen LogP contribution in [0.5, 0.6) is 0 Å². The number of ketones is 1. The Kier molecular flexibility index (Phi) is 4.94. The second kappa shape index (κ2) is 7.56. The number of fused-ring (bicyclic) bond motifs is 1. The molecule has 0 atom stereocenters. The van der Waals surface area contributed by atoms with E-state index in [-0.39, 0.29) is 12.1 Å². The first-order chi connectivity index (χ1) is 13.9. The first-order valence-corrected chi connectivity index (χ1v) is 9.50. The van der Waals surface area contributed by atoms with E-state index in [0.717, 1.165) is 29.4 Å². The molecule has 1 N–H and O–H groups in total. The quantitative estimate of drug-likeness (QED) is 0.387. The first kappa shape index (κ1) is 18.9. The van der Waals surface area contributed by atoms with Crippen LogP contribution in [0.25, 0.3) is 10.9 Å². The molecule has 1 amide bonds. The molecule has 2 aromatic heterocycles. The third kappa shape index (κ3) is 3.79. The van der Waals surface area contributed by atoms with Crippen molar-refractivity contribution in [3.05, 3.63) is 83.2 Å². The fraction of sp³-hybridized carbons (Fsp3) is 0.0952. The number of para-hydroxylation sites is 1. The summed E-state index contributed by atoms with van der Waals surface area (Å²) in [4.78, 5) is 25.2. The standard InChI is InChI=1S/C21H15F2N3O2S/c1-12-8-19(29-25-12)24-21(28)20(27)15-11-26(18-5-3-2-4-14(15)18)10-13-6-7-16(22)17(23)9-13/h2-9,11H,10H2,1H3,(H,24,28). The van der Waals surface area contributed by atoms with Crippen molar-refractivity contribution in [2.24, 2.45) is 0 Å². The Morgan fingerprint density at radius 3 is 2.62 bits per heavy atom.